The molecule has 0 bridgehead atoms. The number of aromatic nitrogens is 1. The molecule has 2 aromatic rings. The van der Waals surface area contributed by atoms with Gasteiger partial charge in [0.25, 0.3) is 10.0 Å². The van der Waals surface area contributed by atoms with E-state index in [1.807, 2.05) is 18.2 Å². The monoisotopic (exact) mass is 347 g/mol. The lowest BCUT2D eigenvalue weighted by molar-refractivity contribution is 0.601. The molecule has 1 unspecified atom stereocenters. The highest BCUT2D eigenvalue weighted by molar-refractivity contribution is 7.92. The number of nitrogens with zero attached hydrogens (tertiary/aromatic N) is 1. The molecule has 0 aliphatic heterocycles. The third-order valence-corrected chi connectivity index (χ3v) is 5.26. The van der Waals surface area contributed by atoms with Crippen LogP contribution in [-0.2, 0) is 10.0 Å². The number of benzene rings is 1. The minimum atomic E-state index is -3.63. The first-order chi connectivity index (χ1) is 11.3. The minimum Gasteiger partial charge on any atom is -0.381 e. The molecular weight excluding hydrogens is 322 g/mol. The van der Waals surface area contributed by atoms with Crippen LogP contribution in [-0.4, -0.2) is 19.4 Å². The summed E-state index contributed by atoms with van der Waals surface area (Å²) in [6, 6.07) is 10.7. The second-order valence-electron chi connectivity index (χ2n) is 6.21. The van der Waals surface area contributed by atoms with Crippen LogP contribution < -0.4 is 10.0 Å². The van der Waals surface area contributed by atoms with Crippen molar-refractivity contribution in [1.29, 1.82) is 0 Å². The van der Waals surface area contributed by atoms with Crippen LogP contribution in [0.1, 0.15) is 45.6 Å². The van der Waals surface area contributed by atoms with Crippen molar-refractivity contribution in [2.45, 2.75) is 51.0 Å². The molecule has 0 aliphatic rings. The van der Waals surface area contributed by atoms with Crippen molar-refractivity contribution in [2.24, 2.45) is 0 Å². The summed E-state index contributed by atoms with van der Waals surface area (Å²) in [5, 5.41) is 3.29. The summed E-state index contributed by atoms with van der Waals surface area (Å²) in [4.78, 5) is 4.40. The molecule has 0 spiro atoms. The van der Waals surface area contributed by atoms with E-state index in [4.69, 9.17) is 0 Å². The Morgan fingerprint density at radius 1 is 1.04 bits per heavy atom. The van der Waals surface area contributed by atoms with Gasteiger partial charge in [0, 0.05) is 6.04 Å². The van der Waals surface area contributed by atoms with E-state index in [0.29, 0.717) is 17.8 Å². The fourth-order valence-electron chi connectivity index (χ4n) is 2.15. The Kier molecular flexibility index (Phi) is 5.83. The predicted molar refractivity (Wildman–Crippen MR) is 99.0 cm³/mol. The maximum absolute atomic E-state index is 12.4. The highest BCUT2D eigenvalue weighted by Crippen LogP contribution is 2.20. The van der Waals surface area contributed by atoms with Gasteiger partial charge in [-0.3, -0.25) is 4.72 Å². The summed E-state index contributed by atoms with van der Waals surface area (Å²) < 4.78 is 27.4. The van der Waals surface area contributed by atoms with Gasteiger partial charge in [-0.05, 0) is 49.1 Å². The van der Waals surface area contributed by atoms with E-state index in [0.717, 1.165) is 17.7 Å². The average molecular weight is 347 g/mol. The fraction of sp³-hybridized carbons (Fsp3) is 0.389. The van der Waals surface area contributed by atoms with Crippen molar-refractivity contribution < 1.29 is 8.42 Å². The topological polar surface area (TPSA) is 71.1 Å². The van der Waals surface area contributed by atoms with Gasteiger partial charge in [-0.15, -0.1) is 0 Å². The number of hydrogen-bond donors (Lipinski definition) is 2. The summed E-state index contributed by atoms with van der Waals surface area (Å²) in [5.74, 6) is 0.666. The van der Waals surface area contributed by atoms with Gasteiger partial charge >= 0.3 is 0 Å². The number of anilines is 2. The van der Waals surface area contributed by atoms with Crippen LogP contribution in [0.5, 0.6) is 0 Å². The highest BCUT2D eigenvalue weighted by atomic mass is 32.2. The second-order valence-corrected chi connectivity index (χ2v) is 7.90. The molecule has 1 atom stereocenters. The molecule has 0 aliphatic carbocycles. The summed E-state index contributed by atoms with van der Waals surface area (Å²) >= 11 is 0. The Labute approximate surface area is 144 Å². The van der Waals surface area contributed by atoms with E-state index < -0.39 is 10.0 Å². The van der Waals surface area contributed by atoms with Gasteiger partial charge in [0.2, 0.25) is 0 Å². The average Bonchev–Trinajstić information content (AvgIpc) is 2.56. The van der Waals surface area contributed by atoms with Gasteiger partial charge in [0.15, 0.2) is 0 Å². The van der Waals surface area contributed by atoms with E-state index in [1.54, 1.807) is 24.4 Å². The fourth-order valence-corrected chi connectivity index (χ4v) is 3.16. The smallest absolute Gasteiger partial charge is 0.263 e. The molecule has 5 nitrogen and oxygen atoms in total. The predicted octanol–water partition coefficient (Wildman–Crippen LogP) is 4.22. The van der Waals surface area contributed by atoms with E-state index in [1.165, 1.54) is 0 Å². The summed E-state index contributed by atoms with van der Waals surface area (Å²) in [6.07, 6.45) is 2.63. The summed E-state index contributed by atoms with van der Waals surface area (Å²) in [5.41, 5.74) is 1.97. The van der Waals surface area contributed by atoms with Crippen LogP contribution in [0, 0.1) is 0 Å². The zero-order valence-electron chi connectivity index (χ0n) is 14.6. The van der Waals surface area contributed by atoms with E-state index in [9.17, 15) is 8.42 Å². The number of sulfonamides is 1. The van der Waals surface area contributed by atoms with Crippen molar-refractivity contribution in [3.05, 3.63) is 48.2 Å². The minimum absolute atomic E-state index is 0.232. The van der Waals surface area contributed by atoms with E-state index in [2.05, 4.69) is 42.7 Å². The van der Waals surface area contributed by atoms with Crippen molar-refractivity contribution >= 4 is 21.5 Å². The zero-order chi connectivity index (χ0) is 17.7. The lowest BCUT2D eigenvalue weighted by atomic mass is 10.0. The van der Waals surface area contributed by atoms with E-state index >= 15 is 0 Å². The lowest BCUT2D eigenvalue weighted by Gasteiger charge is -2.13. The molecule has 0 saturated heterocycles. The zero-order valence-corrected chi connectivity index (χ0v) is 15.4. The highest BCUT2D eigenvalue weighted by Gasteiger charge is 2.15. The first-order valence-electron chi connectivity index (χ1n) is 8.17. The Hall–Kier alpha value is -2.08. The van der Waals surface area contributed by atoms with Crippen molar-refractivity contribution in [1.82, 2.24) is 4.98 Å². The first-order valence-corrected chi connectivity index (χ1v) is 9.65. The Morgan fingerprint density at radius 3 is 2.21 bits per heavy atom. The van der Waals surface area contributed by atoms with Crippen LogP contribution in [0.4, 0.5) is 11.5 Å². The molecule has 24 heavy (non-hydrogen) atoms. The molecule has 0 amide bonds. The quantitative estimate of drug-likeness (QED) is 0.787. The molecule has 1 aromatic heterocycles. The molecule has 130 valence electrons. The Morgan fingerprint density at radius 2 is 1.71 bits per heavy atom. The molecule has 2 N–H and O–H groups in total. The second kappa shape index (κ2) is 7.66. The maximum Gasteiger partial charge on any atom is 0.263 e. The molecule has 0 radical (unpaired) electrons. The molecule has 1 heterocycles. The van der Waals surface area contributed by atoms with Gasteiger partial charge in [0.1, 0.15) is 5.82 Å². The van der Waals surface area contributed by atoms with Gasteiger partial charge in [-0.2, -0.15) is 0 Å². The molecular formula is C18H25N3O2S. The van der Waals surface area contributed by atoms with Gasteiger partial charge in [-0.1, -0.05) is 32.9 Å². The van der Waals surface area contributed by atoms with Crippen molar-refractivity contribution in [2.75, 3.05) is 10.0 Å². The normalized spacial score (nSPS) is 12.9. The number of nitrogens with one attached hydrogen (secondary N) is 2. The standard InChI is InChI=1S/C18H25N3O2S/c1-5-14(4)20-16-8-11-18(19-12-16)21-24(22,23)17-9-6-15(7-10-17)13(2)3/h6-14,20H,5H2,1-4H3,(H,19,21). The van der Waals surface area contributed by atoms with Gasteiger partial charge in [-0.25, -0.2) is 13.4 Å². The summed E-state index contributed by atoms with van der Waals surface area (Å²) in [7, 11) is -3.63. The maximum atomic E-state index is 12.4. The van der Waals surface area contributed by atoms with Gasteiger partial charge in [0.05, 0.1) is 16.8 Å². The van der Waals surface area contributed by atoms with Crippen LogP contribution in [0.25, 0.3) is 0 Å². The third-order valence-electron chi connectivity index (χ3n) is 3.88. The largest absolute Gasteiger partial charge is 0.381 e. The molecule has 1 aromatic carbocycles. The van der Waals surface area contributed by atoms with Crippen molar-refractivity contribution in [3.63, 3.8) is 0 Å². The Balaban J connectivity index is 2.11. The van der Waals surface area contributed by atoms with Crippen molar-refractivity contribution in [3.8, 4) is 0 Å². The number of rotatable bonds is 7. The first kappa shape index (κ1) is 18.3. The molecule has 0 saturated carbocycles. The van der Waals surface area contributed by atoms with Crippen LogP contribution >= 0.6 is 0 Å². The molecule has 0 fully saturated rings. The van der Waals surface area contributed by atoms with E-state index in [-0.39, 0.29) is 4.90 Å². The Bertz CT molecular complexity index is 754. The van der Waals surface area contributed by atoms with Crippen LogP contribution in [0.15, 0.2) is 47.5 Å². The number of pyridine rings is 1. The number of hydrogen-bond acceptors (Lipinski definition) is 4. The SMILES string of the molecule is CCC(C)Nc1ccc(NS(=O)(=O)c2ccc(C(C)C)cc2)nc1. The van der Waals surface area contributed by atoms with Crippen LogP contribution in [0.3, 0.4) is 0 Å². The summed E-state index contributed by atoms with van der Waals surface area (Å²) in [6.45, 7) is 8.32. The molecule has 6 heteroatoms. The lowest BCUT2D eigenvalue weighted by Crippen LogP contribution is -2.15. The third kappa shape index (κ3) is 4.71. The van der Waals surface area contributed by atoms with Crippen LogP contribution in [0.2, 0.25) is 0 Å². The van der Waals surface area contributed by atoms with Gasteiger partial charge < -0.3 is 5.32 Å². The molecule has 2 rings (SSSR count).